The lowest BCUT2D eigenvalue weighted by Crippen LogP contribution is -2.30. The molecule has 0 bridgehead atoms. The molecule has 1 saturated heterocycles. The van der Waals surface area contributed by atoms with Crippen molar-refractivity contribution in [3.8, 4) is 0 Å². The van der Waals surface area contributed by atoms with Gasteiger partial charge in [0.15, 0.2) is 0 Å². The molecular weight excluding hydrogens is 256 g/mol. The molecule has 1 aliphatic heterocycles. The molecule has 1 amide bonds. The number of hydrogen-bond acceptors (Lipinski definition) is 3. The first-order valence-corrected chi connectivity index (χ1v) is 7.23. The van der Waals surface area contributed by atoms with Crippen molar-refractivity contribution in [2.24, 2.45) is 0 Å². The lowest BCUT2D eigenvalue weighted by atomic mass is 10.3. The van der Waals surface area contributed by atoms with Crippen molar-refractivity contribution in [1.29, 1.82) is 0 Å². The van der Waals surface area contributed by atoms with Gasteiger partial charge in [0.1, 0.15) is 0 Å². The quantitative estimate of drug-likeness (QED) is 0.836. The molecule has 0 atom stereocenters. The molecule has 0 unspecified atom stereocenters. The minimum Gasteiger partial charge on any atom is -0.343 e. The Morgan fingerprint density at radius 2 is 2.24 bits per heavy atom. The van der Waals surface area contributed by atoms with Crippen molar-refractivity contribution in [2.75, 3.05) is 19.6 Å². The molecular formula is C12H17ClN2OS. The maximum Gasteiger partial charge on any atom is 0.223 e. The SMILES string of the molecule is O=C(CCNCc1cc(Cl)cs1)N1CCCC1. The molecule has 1 fully saturated rings. The van der Waals surface area contributed by atoms with Crippen LogP contribution in [-0.4, -0.2) is 30.4 Å². The number of rotatable bonds is 5. The van der Waals surface area contributed by atoms with Crippen LogP contribution in [0.5, 0.6) is 0 Å². The average molecular weight is 273 g/mol. The Bertz CT molecular complexity index is 374. The monoisotopic (exact) mass is 272 g/mol. The summed E-state index contributed by atoms with van der Waals surface area (Å²) < 4.78 is 0. The Morgan fingerprint density at radius 3 is 2.88 bits per heavy atom. The fourth-order valence-corrected chi connectivity index (χ4v) is 3.02. The van der Waals surface area contributed by atoms with Crippen LogP contribution in [0.4, 0.5) is 0 Å². The zero-order chi connectivity index (χ0) is 12.1. The summed E-state index contributed by atoms with van der Waals surface area (Å²) in [6.45, 7) is 3.42. The lowest BCUT2D eigenvalue weighted by Gasteiger charge is -2.14. The summed E-state index contributed by atoms with van der Waals surface area (Å²) in [5, 5.41) is 5.99. The summed E-state index contributed by atoms with van der Waals surface area (Å²) >= 11 is 7.48. The van der Waals surface area contributed by atoms with Crippen molar-refractivity contribution in [1.82, 2.24) is 10.2 Å². The van der Waals surface area contributed by atoms with Crippen LogP contribution in [-0.2, 0) is 11.3 Å². The second-order valence-electron chi connectivity index (χ2n) is 4.25. The number of nitrogens with one attached hydrogen (secondary N) is 1. The molecule has 3 nitrogen and oxygen atoms in total. The zero-order valence-electron chi connectivity index (χ0n) is 9.75. The number of carbonyl (C=O) groups is 1. The van der Waals surface area contributed by atoms with E-state index in [0.29, 0.717) is 6.42 Å². The fourth-order valence-electron chi connectivity index (χ4n) is 1.98. The highest BCUT2D eigenvalue weighted by atomic mass is 35.5. The predicted molar refractivity (Wildman–Crippen MR) is 71.5 cm³/mol. The lowest BCUT2D eigenvalue weighted by molar-refractivity contribution is -0.130. The number of hydrogen-bond donors (Lipinski definition) is 1. The highest BCUT2D eigenvalue weighted by Crippen LogP contribution is 2.18. The third kappa shape index (κ3) is 3.98. The van der Waals surface area contributed by atoms with E-state index in [0.717, 1.165) is 44.0 Å². The molecule has 1 aliphatic rings. The van der Waals surface area contributed by atoms with Gasteiger partial charge in [0.2, 0.25) is 5.91 Å². The summed E-state index contributed by atoms with van der Waals surface area (Å²) in [6.07, 6.45) is 2.92. The zero-order valence-corrected chi connectivity index (χ0v) is 11.3. The first-order valence-electron chi connectivity index (χ1n) is 5.97. The summed E-state index contributed by atoms with van der Waals surface area (Å²) in [6, 6.07) is 1.96. The van der Waals surface area contributed by atoms with E-state index >= 15 is 0 Å². The van der Waals surface area contributed by atoms with Crippen LogP contribution in [0.2, 0.25) is 5.02 Å². The van der Waals surface area contributed by atoms with E-state index in [-0.39, 0.29) is 5.91 Å². The van der Waals surface area contributed by atoms with Crippen LogP contribution in [0, 0.1) is 0 Å². The molecule has 1 aromatic rings. The summed E-state index contributed by atoms with van der Waals surface area (Å²) in [5.74, 6) is 0.277. The average Bonchev–Trinajstić information content (AvgIpc) is 2.95. The molecule has 2 heterocycles. The van der Waals surface area contributed by atoms with Crippen molar-refractivity contribution in [3.63, 3.8) is 0 Å². The molecule has 1 N–H and O–H groups in total. The second kappa shape index (κ2) is 6.38. The highest BCUT2D eigenvalue weighted by molar-refractivity contribution is 7.10. The van der Waals surface area contributed by atoms with Gasteiger partial charge in [-0.05, 0) is 18.9 Å². The molecule has 0 radical (unpaired) electrons. The molecule has 0 saturated carbocycles. The number of nitrogens with zero attached hydrogens (tertiary/aromatic N) is 1. The van der Waals surface area contributed by atoms with Gasteiger partial charge in [-0.25, -0.2) is 0 Å². The summed E-state index contributed by atoms with van der Waals surface area (Å²) in [7, 11) is 0. The summed E-state index contributed by atoms with van der Waals surface area (Å²) in [4.78, 5) is 14.9. The normalized spacial score (nSPS) is 15.5. The topological polar surface area (TPSA) is 32.3 Å². The standard InChI is InChI=1S/C12H17ClN2OS/c13-10-7-11(17-9-10)8-14-4-3-12(16)15-5-1-2-6-15/h7,9,14H,1-6,8H2. The van der Waals surface area contributed by atoms with E-state index < -0.39 is 0 Å². The van der Waals surface area contributed by atoms with E-state index in [9.17, 15) is 4.79 Å². The number of halogens is 1. The van der Waals surface area contributed by atoms with E-state index in [4.69, 9.17) is 11.6 Å². The van der Waals surface area contributed by atoms with Crippen LogP contribution in [0.15, 0.2) is 11.4 Å². The van der Waals surface area contributed by atoms with Crippen molar-refractivity contribution >= 4 is 28.8 Å². The van der Waals surface area contributed by atoms with Crippen LogP contribution >= 0.6 is 22.9 Å². The molecule has 17 heavy (non-hydrogen) atoms. The van der Waals surface area contributed by atoms with Crippen LogP contribution < -0.4 is 5.32 Å². The highest BCUT2D eigenvalue weighted by Gasteiger charge is 2.16. The van der Waals surface area contributed by atoms with E-state index in [2.05, 4.69) is 5.32 Å². The van der Waals surface area contributed by atoms with Crippen molar-refractivity contribution in [2.45, 2.75) is 25.8 Å². The van der Waals surface area contributed by atoms with E-state index in [1.165, 1.54) is 4.88 Å². The molecule has 0 aromatic carbocycles. The third-order valence-corrected chi connectivity index (χ3v) is 4.18. The Kier molecular flexibility index (Phi) is 4.83. The van der Waals surface area contributed by atoms with Gasteiger partial charge in [0.25, 0.3) is 0 Å². The number of carbonyl (C=O) groups excluding carboxylic acids is 1. The minimum atomic E-state index is 0.277. The van der Waals surface area contributed by atoms with Gasteiger partial charge in [-0.3, -0.25) is 4.79 Å². The van der Waals surface area contributed by atoms with Crippen molar-refractivity contribution < 1.29 is 4.79 Å². The maximum absolute atomic E-state index is 11.7. The number of thiophene rings is 1. The minimum absolute atomic E-state index is 0.277. The molecule has 0 aliphatic carbocycles. The smallest absolute Gasteiger partial charge is 0.223 e. The van der Waals surface area contributed by atoms with E-state index in [1.807, 2.05) is 16.3 Å². The first-order chi connectivity index (χ1) is 8.25. The van der Waals surface area contributed by atoms with Crippen LogP contribution in [0.1, 0.15) is 24.1 Å². The molecule has 1 aromatic heterocycles. The van der Waals surface area contributed by atoms with Gasteiger partial charge < -0.3 is 10.2 Å². The second-order valence-corrected chi connectivity index (χ2v) is 5.68. The van der Waals surface area contributed by atoms with Crippen molar-refractivity contribution in [3.05, 3.63) is 21.3 Å². The van der Waals surface area contributed by atoms with Gasteiger partial charge >= 0.3 is 0 Å². The van der Waals surface area contributed by atoms with Gasteiger partial charge in [0, 0.05) is 42.9 Å². The van der Waals surface area contributed by atoms with Gasteiger partial charge in [0.05, 0.1) is 5.02 Å². The van der Waals surface area contributed by atoms with E-state index in [1.54, 1.807) is 11.3 Å². The first kappa shape index (κ1) is 12.9. The molecule has 2 rings (SSSR count). The van der Waals surface area contributed by atoms with Gasteiger partial charge in [-0.1, -0.05) is 11.6 Å². The Hall–Kier alpha value is -0.580. The van der Waals surface area contributed by atoms with Crippen LogP contribution in [0.3, 0.4) is 0 Å². The fraction of sp³-hybridized carbons (Fsp3) is 0.583. The Labute approximate surface area is 111 Å². The molecule has 0 spiro atoms. The Morgan fingerprint density at radius 1 is 1.47 bits per heavy atom. The number of likely N-dealkylation sites (tertiary alicyclic amines) is 1. The third-order valence-electron chi connectivity index (χ3n) is 2.90. The number of amides is 1. The molecule has 94 valence electrons. The van der Waals surface area contributed by atoms with Crippen LogP contribution in [0.25, 0.3) is 0 Å². The molecule has 5 heteroatoms. The predicted octanol–water partition coefficient (Wildman–Crippen LogP) is 2.50. The van der Waals surface area contributed by atoms with Gasteiger partial charge in [-0.15, -0.1) is 11.3 Å². The Balaban J connectivity index is 1.61. The largest absolute Gasteiger partial charge is 0.343 e. The summed E-state index contributed by atoms with van der Waals surface area (Å²) in [5.41, 5.74) is 0. The van der Waals surface area contributed by atoms with Gasteiger partial charge in [-0.2, -0.15) is 0 Å². The maximum atomic E-state index is 11.7.